The summed E-state index contributed by atoms with van der Waals surface area (Å²) in [5, 5.41) is 12.6. The lowest BCUT2D eigenvalue weighted by Gasteiger charge is -2.27. The molecule has 3 heteroatoms. The van der Waals surface area contributed by atoms with Crippen molar-refractivity contribution >= 4 is 5.91 Å². The normalized spacial score (nSPS) is 43.1. The molecule has 3 saturated carbocycles. The molecule has 2 N–H and O–H groups in total. The second-order valence-electron chi connectivity index (χ2n) is 6.71. The molecule has 0 unspecified atom stereocenters. The Balaban J connectivity index is 1.42. The Morgan fingerprint density at radius 3 is 2.44 bits per heavy atom. The molecule has 3 aliphatic rings. The van der Waals surface area contributed by atoms with Crippen LogP contribution in [0.1, 0.15) is 57.8 Å². The minimum Gasteiger partial charge on any atom is -0.393 e. The highest BCUT2D eigenvalue weighted by molar-refractivity contribution is 5.76. The predicted octanol–water partition coefficient (Wildman–Crippen LogP) is 2.23. The number of aliphatic hydroxyl groups is 1. The molecule has 3 aliphatic carbocycles. The third-order valence-electron chi connectivity index (χ3n) is 5.39. The maximum atomic E-state index is 12.1. The van der Waals surface area contributed by atoms with Crippen molar-refractivity contribution in [3.8, 4) is 0 Å². The fourth-order valence-electron chi connectivity index (χ4n) is 4.37. The van der Waals surface area contributed by atoms with Gasteiger partial charge in [0.15, 0.2) is 0 Å². The number of nitrogens with one attached hydrogen (secondary N) is 1. The Kier molecular flexibility index (Phi) is 3.60. The molecule has 102 valence electrons. The summed E-state index contributed by atoms with van der Waals surface area (Å²) in [7, 11) is 0. The third kappa shape index (κ3) is 2.71. The first-order valence-electron chi connectivity index (χ1n) is 7.68. The molecule has 0 aliphatic heterocycles. The molecule has 3 rings (SSSR count). The quantitative estimate of drug-likeness (QED) is 0.808. The smallest absolute Gasteiger partial charge is 0.220 e. The van der Waals surface area contributed by atoms with E-state index in [1.54, 1.807) is 0 Å². The Labute approximate surface area is 109 Å². The Morgan fingerprint density at radius 1 is 1.06 bits per heavy atom. The van der Waals surface area contributed by atoms with E-state index in [1.807, 2.05) is 0 Å². The van der Waals surface area contributed by atoms with Crippen molar-refractivity contribution in [1.82, 2.24) is 5.32 Å². The summed E-state index contributed by atoms with van der Waals surface area (Å²) < 4.78 is 0. The molecule has 0 aromatic heterocycles. The van der Waals surface area contributed by atoms with Crippen LogP contribution in [-0.2, 0) is 4.79 Å². The van der Waals surface area contributed by atoms with E-state index in [0.29, 0.717) is 12.0 Å². The monoisotopic (exact) mass is 251 g/mol. The summed E-state index contributed by atoms with van der Waals surface area (Å²) in [4.78, 5) is 12.1. The van der Waals surface area contributed by atoms with Gasteiger partial charge in [-0.25, -0.2) is 0 Å². The van der Waals surface area contributed by atoms with Crippen molar-refractivity contribution in [2.75, 3.05) is 0 Å². The van der Waals surface area contributed by atoms with Crippen LogP contribution < -0.4 is 5.32 Å². The molecule has 0 radical (unpaired) electrons. The Morgan fingerprint density at radius 2 is 1.83 bits per heavy atom. The molecule has 0 heterocycles. The van der Waals surface area contributed by atoms with Gasteiger partial charge in [0.05, 0.1) is 6.10 Å². The van der Waals surface area contributed by atoms with Crippen LogP contribution in [0, 0.1) is 17.8 Å². The molecule has 3 fully saturated rings. The molecule has 0 aromatic rings. The number of hydrogen-bond acceptors (Lipinski definition) is 2. The van der Waals surface area contributed by atoms with Crippen molar-refractivity contribution in [3.05, 3.63) is 0 Å². The Bertz CT molecular complexity index is 310. The number of aliphatic hydroxyl groups excluding tert-OH is 1. The lowest BCUT2D eigenvalue weighted by Crippen LogP contribution is -2.39. The lowest BCUT2D eigenvalue weighted by atomic mass is 9.86. The van der Waals surface area contributed by atoms with Gasteiger partial charge in [0.1, 0.15) is 0 Å². The summed E-state index contributed by atoms with van der Waals surface area (Å²) >= 11 is 0. The first-order valence-corrected chi connectivity index (χ1v) is 7.68. The van der Waals surface area contributed by atoms with Gasteiger partial charge in [0.25, 0.3) is 0 Å². The second kappa shape index (κ2) is 5.20. The average molecular weight is 251 g/mol. The Hall–Kier alpha value is -0.570. The average Bonchev–Trinajstić information content (AvgIpc) is 2.94. The van der Waals surface area contributed by atoms with Gasteiger partial charge in [-0.05, 0) is 62.7 Å². The van der Waals surface area contributed by atoms with E-state index < -0.39 is 0 Å². The van der Waals surface area contributed by atoms with Crippen LogP contribution in [0.25, 0.3) is 0 Å². The van der Waals surface area contributed by atoms with Gasteiger partial charge in [0.2, 0.25) is 5.91 Å². The maximum Gasteiger partial charge on any atom is 0.220 e. The number of rotatable bonds is 3. The number of carbonyl (C=O) groups excluding carboxylic acids is 1. The zero-order chi connectivity index (χ0) is 12.5. The maximum absolute atomic E-state index is 12.1. The number of amides is 1. The topological polar surface area (TPSA) is 49.3 Å². The fraction of sp³-hybridized carbons (Fsp3) is 0.933. The molecular weight excluding hydrogens is 226 g/mol. The van der Waals surface area contributed by atoms with Crippen LogP contribution in [0.5, 0.6) is 0 Å². The van der Waals surface area contributed by atoms with Crippen LogP contribution in [0.3, 0.4) is 0 Å². The zero-order valence-electron chi connectivity index (χ0n) is 11.1. The van der Waals surface area contributed by atoms with Crippen molar-refractivity contribution < 1.29 is 9.90 Å². The summed E-state index contributed by atoms with van der Waals surface area (Å²) in [6.07, 6.45) is 9.64. The number of carbonyl (C=O) groups is 1. The van der Waals surface area contributed by atoms with E-state index in [9.17, 15) is 9.90 Å². The highest BCUT2D eigenvalue weighted by atomic mass is 16.3. The standard InChI is InChI=1S/C15H25NO2/c17-14-5-3-13(4-6-14)16-15(18)9-12-8-10-1-2-11(12)7-10/h10-14,17H,1-9H2,(H,16,18)/t10-,11+,12+,13?,14?/m1/s1. The van der Waals surface area contributed by atoms with E-state index >= 15 is 0 Å². The van der Waals surface area contributed by atoms with Gasteiger partial charge in [-0.15, -0.1) is 0 Å². The molecular formula is C15H25NO2. The van der Waals surface area contributed by atoms with E-state index in [1.165, 1.54) is 25.7 Å². The minimum atomic E-state index is -0.135. The molecule has 2 bridgehead atoms. The van der Waals surface area contributed by atoms with E-state index in [4.69, 9.17) is 0 Å². The number of hydrogen-bond donors (Lipinski definition) is 2. The third-order valence-corrected chi connectivity index (χ3v) is 5.39. The van der Waals surface area contributed by atoms with Crippen LogP contribution >= 0.6 is 0 Å². The summed E-state index contributed by atoms with van der Waals surface area (Å²) in [5.41, 5.74) is 0. The molecule has 3 nitrogen and oxygen atoms in total. The zero-order valence-corrected chi connectivity index (χ0v) is 11.1. The van der Waals surface area contributed by atoms with Gasteiger partial charge in [-0.3, -0.25) is 4.79 Å². The first kappa shape index (κ1) is 12.5. The molecule has 3 atom stereocenters. The summed E-state index contributed by atoms with van der Waals surface area (Å²) in [5.74, 6) is 2.69. The van der Waals surface area contributed by atoms with Gasteiger partial charge >= 0.3 is 0 Å². The molecule has 0 spiro atoms. The predicted molar refractivity (Wildman–Crippen MR) is 70.0 cm³/mol. The van der Waals surface area contributed by atoms with Crippen molar-refractivity contribution in [3.63, 3.8) is 0 Å². The highest BCUT2D eigenvalue weighted by Crippen LogP contribution is 2.49. The lowest BCUT2D eigenvalue weighted by molar-refractivity contribution is -0.123. The van der Waals surface area contributed by atoms with Crippen molar-refractivity contribution in [2.24, 2.45) is 17.8 Å². The van der Waals surface area contributed by atoms with Gasteiger partial charge in [-0.2, -0.15) is 0 Å². The van der Waals surface area contributed by atoms with Crippen molar-refractivity contribution in [2.45, 2.75) is 69.9 Å². The highest BCUT2D eigenvalue weighted by Gasteiger charge is 2.40. The van der Waals surface area contributed by atoms with Crippen molar-refractivity contribution in [1.29, 1.82) is 0 Å². The van der Waals surface area contributed by atoms with E-state index in [2.05, 4.69) is 5.32 Å². The van der Waals surface area contributed by atoms with E-state index in [-0.39, 0.29) is 12.0 Å². The minimum absolute atomic E-state index is 0.135. The van der Waals surface area contributed by atoms with Gasteiger partial charge in [-0.1, -0.05) is 6.42 Å². The SMILES string of the molecule is O=C(C[C@@H]1C[C@@H]2CC[C@H]1C2)NC1CCC(O)CC1. The molecule has 1 amide bonds. The van der Waals surface area contributed by atoms with E-state index in [0.717, 1.165) is 43.9 Å². The van der Waals surface area contributed by atoms with Gasteiger partial charge < -0.3 is 10.4 Å². The first-order chi connectivity index (χ1) is 8.70. The number of fused-ring (bicyclic) bond motifs is 2. The van der Waals surface area contributed by atoms with Crippen LogP contribution in [0.2, 0.25) is 0 Å². The van der Waals surface area contributed by atoms with Gasteiger partial charge in [0, 0.05) is 12.5 Å². The molecule has 18 heavy (non-hydrogen) atoms. The van der Waals surface area contributed by atoms with Crippen LogP contribution in [0.4, 0.5) is 0 Å². The van der Waals surface area contributed by atoms with Crippen LogP contribution in [-0.4, -0.2) is 23.2 Å². The summed E-state index contributed by atoms with van der Waals surface area (Å²) in [6.45, 7) is 0. The largest absolute Gasteiger partial charge is 0.393 e. The molecule has 0 aromatic carbocycles. The second-order valence-corrected chi connectivity index (χ2v) is 6.71. The fourth-order valence-corrected chi connectivity index (χ4v) is 4.37. The summed E-state index contributed by atoms with van der Waals surface area (Å²) in [6, 6.07) is 0.319. The molecule has 0 saturated heterocycles. The van der Waals surface area contributed by atoms with Crippen LogP contribution in [0.15, 0.2) is 0 Å².